The maximum atomic E-state index is 6.34. The standard InChI is InChI=1S/C15H17N3/c1-8-5-4-6-11-13(16)12-9(2)7-10(3)17-15(12)18-14(8)11/h4-7,15,18H,16H2,1-3H3. The molecular weight excluding hydrogens is 222 g/mol. The van der Waals surface area contributed by atoms with E-state index in [1.54, 1.807) is 0 Å². The minimum atomic E-state index is -0.0383. The zero-order valence-electron chi connectivity index (χ0n) is 10.9. The number of nitrogens with zero attached hydrogens (tertiary/aromatic N) is 1. The lowest BCUT2D eigenvalue weighted by Crippen LogP contribution is -2.31. The molecule has 3 N–H and O–H groups in total. The zero-order valence-corrected chi connectivity index (χ0v) is 10.9. The monoisotopic (exact) mass is 239 g/mol. The molecule has 1 unspecified atom stereocenters. The van der Waals surface area contributed by atoms with Crippen LogP contribution in [0.15, 0.2) is 40.4 Å². The Balaban J connectivity index is 2.25. The molecule has 3 nitrogen and oxygen atoms in total. The molecule has 0 saturated heterocycles. The van der Waals surface area contributed by atoms with Gasteiger partial charge in [0.15, 0.2) is 0 Å². The van der Waals surface area contributed by atoms with E-state index in [4.69, 9.17) is 5.73 Å². The van der Waals surface area contributed by atoms with Gasteiger partial charge in [-0.1, -0.05) is 18.2 Å². The van der Waals surface area contributed by atoms with Gasteiger partial charge in [-0.25, -0.2) is 0 Å². The number of para-hydroxylation sites is 1. The van der Waals surface area contributed by atoms with Crippen LogP contribution in [0.1, 0.15) is 25.0 Å². The summed E-state index contributed by atoms with van der Waals surface area (Å²) in [6.07, 6.45) is 2.05. The van der Waals surface area contributed by atoms with Crippen molar-refractivity contribution in [2.45, 2.75) is 26.9 Å². The third-order valence-electron chi connectivity index (χ3n) is 3.59. The number of nitrogens with two attached hydrogens (primary N) is 1. The highest BCUT2D eigenvalue weighted by Gasteiger charge is 2.28. The highest BCUT2D eigenvalue weighted by molar-refractivity contribution is 5.98. The third kappa shape index (κ3) is 1.47. The molecular formula is C15H17N3. The average molecular weight is 239 g/mol. The van der Waals surface area contributed by atoms with Gasteiger partial charge in [0.2, 0.25) is 0 Å². The van der Waals surface area contributed by atoms with Crippen LogP contribution in [0.5, 0.6) is 0 Å². The van der Waals surface area contributed by atoms with Gasteiger partial charge in [0.1, 0.15) is 6.17 Å². The topological polar surface area (TPSA) is 50.4 Å². The van der Waals surface area contributed by atoms with Crippen molar-refractivity contribution >= 4 is 17.1 Å². The average Bonchev–Trinajstić information content (AvgIpc) is 2.30. The summed E-state index contributed by atoms with van der Waals surface area (Å²) in [4.78, 5) is 4.64. The molecule has 2 heterocycles. The molecule has 2 aliphatic rings. The summed E-state index contributed by atoms with van der Waals surface area (Å²) < 4.78 is 0. The van der Waals surface area contributed by atoms with Crippen molar-refractivity contribution in [3.8, 4) is 0 Å². The minimum absolute atomic E-state index is 0.0383. The van der Waals surface area contributed by atoms with Gasteiger partial charge in [-0.3, -0.25) is 4.99 Å². The first kappa shape index (κ1) is 11.1. The van der Waals surface area contributed by atoms with Crippen molar-refractivity contribution in [3.63, 3.8) is 0 Å². The predicted octanol–water partition coefficient (Wildman–Crippen LogP) is 2.84. The number of dihydropyridines is 1. The van der Waals surface area contributed by atoms with Gasteiger partial charge in [0.25, 0.3) is 0 Å². The molecule has 1 aromatic carbocycles. The molecule has 2 aliphatic heterocycles. The summed E-state index contributed by atoms with van der Waals surface area (Å²) in [5.41, 5.74) is 13.9. The van der Waals surface area contributed by atoms with Gasteiger partial charge in [0.05, 0.1) is 0 Å². The van der Waals surface area contributed by atoms with E-state index in [2.05, 4.69) is 42.4 Å². The first-order chi connectivity index (χ1) is 8.58. The lowest BCUT2D eigenvalue weighted by Gasteiger charge is -2.32. The normalized spacial score (nSPS) is 21.6. The Bertz CT molecular complexity index is 621. The van der Waals surface area contributed by atoms with Crippen molar-refractivity contribution in [1.82, 2.24) is 0 Å². The maximum absolute atomic E-state index is 6.34. The van der Waals surface area contributed by atoms with Crippen LogP contribution < -0.4 is 11.1 Å². The molecule has 3 rings (SSSR count). The summed E-state index contributed by atoms with van der Waals surface area (Å²) >= 11 is 0. The van der Waals surface area contributed by atoms with Crippen LogP contribution in [-0.2, 0) is 0 Å². The van der Waals surface area contributed by atoms with E-state index >= 15 is 0 Å². The van der Waals surface area contributed by atoms with Crippen molar-refractivity contribution in [2.24, 2.45) is 10.7 Å². The molecule has 0 saturated carbocycles. The molecule has 0 radical (unpaired) electrons. The van der Waals surface area contributed by atoms with Gasteiger partial charge in [-0.15, -0.1) is 0 Å². The summed E-state index contributed by atoms with van der Waals surface area (Å²) in [5.74, 6) is 0. The van der Waals surface area contributed by atoms with E-state index in [-0.39, 0.29) is 6.17 Å². The molecule has 0 aliphatic carbocycles. The summed E-state index contributed by atoms with van der Waals surface area (Å²) in [5, 5.41) is 3.49. The molecule has 0 spiro atoms. The Morgan fingerprint density at radius 1 is 1.22 bits per heavy atom. The summed E-state index contributed by atoms with van der Waals surface area (Å²) in [6, 6.07) is 6.19. The lowest BCUT2D eigenvalue weighted by atomic mass is 9.90. The summed E-state index contributed by atoms with van der Waals surface area (Å²) in [6.45, 7) is 6.20. The number of aliphatic imine (C=N–C) groups is 1. The number of rotatable bonds is 0. The number of aryl methyl sites for hydroxylation is 1. The molecule has 1 atom stereocenters. The number of allylic oxidation sites excluding steroid dienone is 1. The van der Waals surface area contributed by atoms with Crippen LogP contribution in [0.25, 0.3) is 5.70 Å². The summed E-state index contributed by atoms with van der Waals surface area (Å²) in [7, 11) is 0. The first-order valence-corrected chi connectivity index (χ1v) is 6.17. The number of anilines is 1. The van der Waals surface area contributed by atoms with Crippen LogP contribution in [-0.4, -0.2) is 11.9 Å². The third-order valence-corrected chi connectivity index (χ3v) is 3.59. The molecule has 0 fully saturated rings. The molecule has 3 heteroatoms. The highest BCUT2D eigenvalue weighted by atomic mass is 15.1. The first-order valence-electron chi connectivity index (χ1n) is 6.17. The van der Waals surface area contributed by atoms with Gasteiger partial charge in [-0.05, 0) is 38.0 Å². The van der Waals surface area contributed by atoms with Gasteiger partial charge < -0.3 is 11.1 Å². The second-order valence-electron chi connectivity index (χ2n) is 4.97. The Morgan fingerprint density at radius 3 is 2.78 bits per heavy atom. The second kappa shape index (κ2) is 3.73. The van der Waals surface area contributed by atoms with Gasteiger partial charge >= 0.3 is 0 Å². The van der Waals surface area contributed by atoms with E-state index in [0.717, 1.165) is 28.2 Å². The molecule has 0 bridgehead atoms. The van der Waals surface area contributed by atoms with Gasteiger partial charge in [0, 0.05) is 28.2 Å². The van der Waals surface area contributed by atoms with E-state index in [1.807, 2.05) is 13.0 Å². The van der Waals surface area contributed by atoms with Crippen molar-refractivity contribution in [1.29, 1.82) is 0 Å². The molecule has 0 aromatic heterocycles. The van der Waals surface area contributed by atoms with Crippen LogP contribution in [0, 0.1) is 6.92 Å². The Labute approximate surface area is 107 Å². The fraction of sp³-hybridized carbons (Fsp3) is 0.267. The number of fused-ring (bicyclic) bond motifs is 2. The fourth-order valence-corrected chi connectivity index (χ4v) is 2.74. The largest absolute Gasteiger partial charge is 0.398 e. The van der Waals surface area contributed by atoms with E-state index < -0.39 is 0 Å². The SMILES string of the molecule is CC1=CC(C)=NC2Nc3c(C)cccc3C(N)=C12. The molecule has 92 valence electrons. The molecule has 0 amide bonds. The van der Waals surface area contributed by atoms with Crippen molar-refractivity contribution < 1.29 is 0 Å². The molecule has 1 aromatic rings. The maximum Gasteiger partial charge on any atom is 0.147 e. The Hall–Kier alpha value is -2.03. The second-order valence-corrected chi connectivity index (χ2v) is 4.97. The van der Waals surface area contributed by atoms with E-state index in [1.165, 1.54) is 11.1 Å². The van der Waals surface area contributed by atoms with Crippen LogP contribution in [0.4, 0.5) is 5.69 Å². The van der Waals surface area contributed by atoms with Crippen LogP contribution >= 0.6 is 0 Å². The quantitative estimate of drug-likeness (QED) is 0.731. The Kier molecular flexibility index (Phi) is 2.30. The van der Waals surface area contributed by atoms with E-state index in [9.17, 15) is 0 Å². The van der Waals surface area contributed by atoms with Gasteiger partial charge in [-0.2, -0.15) is 0 Å². The fourth-order valence-electron chi connectivity index (χ4n) is 2.74. The van der Waals surface area contributed by atoms with Crippen LogP contribution in [0.3, 0.4) is 0 Å². The number of nitrogens with one attached hydrogen (secondary N) is 1. The smallest absolute Gasteiger partial charge is 0.147 e. The lowest BCUT2D eigenvalue weighted by molar-refractivity contribution is 0.862. The van der Waals surface area contributed by atoms with Crippen LogP contribution in [0.2, 0.25) is 0 Å². The molecule has 18 heavy (non-hydrogen) atoms. The van der Waals surface area contributed by atoms with Crippen molar-refractivity contribution in [3.05, 3.63) is 46.5 Å². The van der Waals surface area contributed by atoms with Crippen molar-refractivity contribution in [2.75, 3.05) is 5.32 Å². The zero-order chi connectivity index (χ0) is 12.9. The number of hydrogen-bond donors (Lipinski definition) is 2. The minimum Gasteiger partial charge on any atom is -0.398 e. The highest BCUT2D eigenvalue weighted by Crippen LogP contribution is 2.37. The number of hydrogen-bond acceptors (Lipinski definition) is 3. The predicted molar refractivity (Wildman–Crippen MR) is 76.6 cm³/mol. The van der Waals surface area contributed by atoms with E-state index in [0.29, 0.717) is 0 Å². The number of benzene rings is 1. The Morgan fingerprint density at radius 2 is 2.00 bits per heavy atom.